The Morgan fingerprint density at radius 1 is 1.38 bits per heavy atom. The summed E-state index contributed by atoms with van der Waals surface area (Å²) in [4.78, 5) is 4.07. The third-order valence-electron chi connectivity index (χ3n) is 0.249. The quantitative estimate of drug-likeness (QED) is 0.240. The van der Waals surface area contributed by atoms with Crippen molar-refractivity contribution in [2.45, 2.75) is 6.92 Å². The molecule has 0 spiro atoms. The molecule has 0 amide bonds. The first-order valence-corrected chi connectivity index (χ1v) is 2.77. The van der Waals surface area contributed by atoms with Gasteiger partial charge in [-0.15, -0.1) is 0 Å². The van der Waals surface area contributed by atoms with Gasteiger partial charge in [0.1, 0.15) is 6.61 Å². The molecule has 0 heterocycles. The Labute approximate surface area is 135 Å². The summed E-state index contributed by atoms with van der Waals surface area (Å²) in [6.45, 7) is 4.96. The average molecular weight is 262 g/mol. The van der Waals surface area contributed by atoms with Crippen LogP contribution >= 0.6 is 0 Å². The standard InChI is InChI=1S/C2H5FN2O.C2H4O.FHN2O.2Na.H2O/c1-2-6-5-4-3;1-2-3;1-2-3-4;;;/h2H2,1H3;2-3H,1H2;(H,2,4);;;1H2/q;;;2*+1;/p-2. The molecule has 0 aliphatic carbocycles. The summed E-state index contributed by atoms with van der Waals surface area (Å²) in [5.41, 5.74) is 0. The fourth-order valence-corrected chi connectivity index (χ4v) is 0.0796. The summed E-state index contributed by atoms with van der Waals surface area (Å²) in [5.74, 6) is 0. The van der Waals surface area contributed by atoms with E-state index in [1.165, 1.54) is 10.6 Å². The molecule has 86 valence electrons. The van der Waals surface area contributed by atoms with Gasteiger partial charge in [-0.1, -0.05) is 15.5 Å². The minimum absolute atomic E-state index is 0. The third-order valence-corrected chi connectivity index (χ3v) is 0.249. The number of hydrogen-bond donors (Lipinski definition) is 1. The zero-order chi connectivity index (χ0) is 10.9. The molecule has 0 aromatic heterocycles. The van der Waals surface area contributed by atoms with Crippen LogP contribution in [-0.4, -0.2) is 17.2 Å². The number of aliphatic hydroxyl groups is 1. The molecule has 0 bridgehead atoms. The SMILES string of the molecule is C=CO.CCON=NF.[Na+].[Na+].[O-]N=NF.[OH-]. The molecule has 12 heteroatoms. The maximum atomic E-state index is 10.5. The van der Waals surface area contributed by atoms with Crippen LogP contribution < -0.4 is 59.1 Å². The van der Waals surface area contributed by atoms with E-state index in [1.54, 1.807) is 6.92 Å². The second-order valence-electron chi connectivity index (χ2n) is 0.915. The topological polar surface area (TPSA) is 132 Å². The van der Waals surface area contributed by atoms with Gasteiger partial charge in [-0.25, -0.2) is 0 Å². The Hall–Kier alpha value is 0.160. The van der Waals surface area contributed by atoms with Crippen molar-refractivity contribution in [3.05, 3.63) is 18.0 Å². The van der Waals surface area contributed by atoms with Crippen LogP contribution in [0.4, 0.5) is 8.96 Å². The van der Waals surface area contributed by atoms with E-state index in [-0.39, 0.29) is 64.6 Å². The minimum Gasteiger partial charge on any atom is -0.870 e. The number of hydrogen-bond acceptors (Lipinski definition) is 8. The van der Waals surface area contributed by atoms with Gasteiger partial charge < -0.3 is 20.6 Å². The Morgan fingerprint density at radius 2 is 1.69 bits per heavy atom. The predicted molar refractivity (Wildman–Crippen MR) is 41.7 cm³/mol. The molecule has 0 radical (unpaired) electrons. The van der Waals surface area contributed by atoms with Gasteiger partial charge in [-0.3, -0.25) is 0 Å². The smallest absolute Gasteiger partial charge is 0.870 e. The molecule has 0 rings (SSSR count). The number of aliphatic hydroxyl groups excluding tert-OH is 1. The van der Waals surface area contributed by atoms with E-state index in [0.29, 0.717) is 6.61 Å². The average Bonchev–Trinajstić information content (AvgIpc) is 2.16. The summed E-state index contributed by atoms with van der Waals surface area (Å²) in [7, 11) is 0. The molecule has 0 aliphatic rings. The number of halogens is 2. The number of nitrogens with zero attached hydrogens (tertiary/aromatic N) is 4. The van der Waals surface area contributed by atoms with Gasteiger partial charge in [0, 0.05) is 5.34 Å². The van der Waals surface area contributed by atoms with Crippen LogP contribution in [0.3, 0.4) is 0 Å². The Kier molecular flexibility index (Phi) is 133. The second-order valence-corrected chi connectivity index (χ2v) is 0.915. The first-order valence-electron chi connectivity index (χ1n) is 2.77. The van der Waals surface area contributed by atoms with Crippen LogP contribution in [0, 0.1) is 5.21 Å². The summed E-state index contributed by atoms with van der Waals surface area (Å²) in [6.07, 6.45) is 0.750. The first kappa shape index (κ1) is 36.0. The maximum Gasteiger partial charge on any atom is 1.00 e. The molecule has 0 aromatic rings. The first-order chi connectivity index (χ1) is 6.24. The fourth-order valence-electron chi connectivity index (χ4n) is 0.0796. The van der Waals surface area contributed by atoms with E-state index >= 15 is 0 Å². The molecule has 0 aliphatic heterocycles. The second kappa shape index (κ2) is 59.3. The summed E-state index contributed by atoms with van der Waals surface area (Å²) < 4.78 is 20.4. The van der Waals surface area contributed by atoms with E-state index in [4.69, 9.17) is 10.3 Å². The molecular weight excluding hydrogens is 252 g/mol. The van der Waals surface area contributed by atoms with Crippen LogP contribution in [0.5, 0.6) is 0 Å². The fraction of sp³-hybridized carbons (Fsp3) is 0.500. The Bertz CT molecular complexity index is 139. The van der Waals surface area contributed by atoms with Crippen LogP contribution in [-0.2, 0) is 4.84 Å². The Morgan fingerprint density at radius 3 is 1.75 bits per heavy atom. The zero-order valence-electron chi connectivity index (χ0n) is 9.25. The number of rotatable bonds is 2. The van der Waals surface area contributed by atoms with Crippen molar-refractivity contribution in [3.63, 3.8) is 0 Å². The van der Waals surface area contributed by atoms with Crippen LogP contribution in [0.25, 0.3) is 0 Å². The Balaban J connectivity index is -0.0000000226. The molecular formula is C4H10F2N4Na2O4. The van der Waals surface area contributed by atoms with Crippen molar-refractivity contribution in [1.29, 1.82) is 0 Å². The third kappa shape index (κ3) is 142. The monoisotopic (exact) mass is 262 g/mol. The summed E-state index contributed by atoms with van der Waals surface area (Å²) >= 11 is 0. The van der Waals surface area contributed by atoms with Crippen molar-refractivity contribution in [1.82, 2.24) is 0 Å². The van der Waals surface area contributed by atoms with Gasteiger partial charge in [0.2, 0.25) is 0 Å². The van der Waals surface area contributed by atoms with Gasteiger partial charge in [0.25, 0.3) is 0 Å². The molecule has 0 fully saturated rings. The van der Waals surface area contributed by atoms with Crippen LogP contribution in [0.15, 0.2) is 34.1 Å². The van der Waals surface area contributed by atoms with E-state index in [0.717, 1.165) is 6.26 Å². The van der Waals surface area contributed by atoms with Gasteiger partial charge in [0.05, 0.1) is 16.9 Å². The van der Waals surface area contributed by atoms with Crippen molar-refractivity contribution >= 4 is 0 Å². The van der Waals surface area contributed by atoms with Crippen LogP contribution in [0.1, 0.15) is 6.92 Å². The van der Waals surface area contributed by atoms with Crippen molar-refractivity contribution in [2.24, 2.45) is 21.2 Å². The van der Waals surface area contributed by atoms with Gasteiger partial charge >= 0.3 is 59.1 Å². The van der Waals surface area contributed by atoms with Crippen LogP contribution in [0.2, 0.25) is 0 Å². The summed E-state index contributed by atoms with van der Waals surface area (Å²) in [6, 6.07) is 0. The normalized spacial score (nSPS) is 6.69. The maximum absolute atomic E-state index is 10.5. The molecule has 0 unspecified atom stereocenters. The molecule has 0 saturated carbocycles. The predicted octanol–water partition coefficient (Wildman–Crippen LogP) is -3.39. The van der Waals surface area contributed by atoms with Gasteiger partial charge in [-0.05, 0) is 6.92 Å². The summed E-state index contributed by atoms with van der Waals surface area (Å²) in [5, 5.41) is 22.8. The molecule has 16 heavy (non-hydrogen) atoms. The molecule has 0 atom stereocenters. The molecule has 0 saturated heterocycles. The van der Waals surface area contributed by atoms with E-state index in [9.17, 15) is 8.96 Å². The van der Waals surface area contributed by atoms with E-state index in [2.05, 4.69) is 16.7 Å². The van der Waals surface area contributed by atoms with Gasteiger partial charge in [-0.2, -0.15) is 5.28 Å². The van der Waals surface area contributed by atoms with Crippen molar-refractivity contribution in [2.75, 3.05) is 6.61 Å². The van der Waals surface area contributed by atoms with E-state index in [1.807, 2.05) is 5.34 Å². The largest absolute Gasteiger partial charge is 1.00 e. The van der Waals surface area contributed by atoms with Crippen molar-refractivity contribution < 1.29 is 83.5 Å². The van der Waals surface area contributed by atoms with E-state index < -0.39 is 0 Å². The minimum atomic E-state index is 0. The van der Waals surface area contributed by atoms with Crippen molar-refractivity contribution in [3.8, 4) is 0 Å². The zero-order valence-corrected chi connectivity index (χ0v) is 13.2. The molecule has 8 nitrogen and oxygen atoms in total. The molecule has 2 N–H and O–H groups in total. The van der Waals surface area contributed by atoms with Gasteiger partial charge in [0.15, 0.2) is 0 Å². The molecule has 0 aromatic carbocycles.